The molecule has 3 rings (SSSR count). The van der Waals surface area contributed by atoms with Crippen molar-refractivity contribution in [1.29, 1.82) is 0 Å². The first-order valence-electron chi connectivity index (χ1n) is 10.9. The number of carbonyl (C=O) groups is 2. The van der Waals surface area contributed by atoms with E-state index in [0.29, 0.717) is 57.4 Å². The molecule has 2 heterocycles. The van der Waals surface area contributed by atoms with Crippen LogP contribution in [-0.2, 0) is 19.6 Å². The summed E-state index contributed by atoms with van der Waals surface area (Å²) in [5.74, 6) is -0.749. The van der Waals surface area contributed by atoms with Crippen LogP contribution >= 0.6 is 0 Å². The number of imide groups is 1. The topological polar surface area (TPSA) is 114 Å². The first-order chi connectivity index (χ1) is 15.2. The van der Waals surface area contributed by atoms with Gasteiger partial charge in [-0.2, -0.15) is 0 Å². The molecule has 2 N–H and O–H groups in total. The highest BCUT2D eigenvalue weighted by Crippen LogP contribution is 2.26. The number of nitrogens with one attached hydrogen (secondary N) is 2. The largest absolute Gasteiger partial charge is 0.487 e. The summed E-state index contributed by atoms with van der Waals surface area (Å²) in [6.07, 6.45) is 2.89. The number of sulfonamides is 1. The molecule has 1 aromatic carbocycles. The van der Waals surface area contributed by atoms with Crippen LogP contribution < -0.4 is 14.8 Å². The SMILES string of the molecule is CC(NS(=O)(=O)CCCCCN1CC(=O)NC1=O)c1ccc(F)c(OC2CCOCC2)c1. The van der Waals surface area contributed by atoms with Crippen LogP contribution in [-0.4, -0.2) is 63.4 Å². The smallest absolute Gasteiger partial charge is 0.324 e. The van der Waals surface area contributed by atoms with Crippen molar-refractivity contribution in [2.24, 2.45) is 0 Å². The highest BCUT2D eigenvalue weighted by Gasteiger charge is 2.26. The summed E-state index contributed by atoms with van der Waals surface area (Å²) in [7, 11) is -3.55. The van der Waals surface area contributed by atoms with E-state index in [-0.39, 0.29) is 30.1 Å². The lowest BCUT2D eigenvalue weighted by atomic mass is 10.1. The van der Waals surface area contributed by atoms with Gasteiger partial charge in [-0.25, -0.2) is 22.3 Å². The Morgan fingerprint density at radius 1 is 1.25 bits per heavy atom. The van der Waals surface area contributed by atoms with Gasteiger partial charge < -0.3 is 14.4 Å². The maximum atomic E-state index is 14.2. The Hall–Kier alpha value is -2.24. The van der Waals surface area contributed by atoms with Gasteiger partial charge in [-0.15, -0.1) is 0 Å². The van der Waals surface area contributed by atoms with E-state index in [1.54, 1.807) is 19.1 Å². The molecule has 2 aliphatic rings. The molecule has 3 amide bonds. The lowest BCUT2D eigenvalue weighted by Gasteiger charge is -2.24. The zero-order chi connectivity index (χ0) is 23.1. The first-order valence-corrected chi connectivity index (χ1v) is 12.5. The van der Waals surface area contributed by atoms with E-state index in [4.69, 9.17) is 9.47 Å². The number of amides is 3. The number of unbranched alkanes of at least 4 members (excludes halogenated alkanes) is 2. The maximum absolute atomic E-state index is 14.2. The summed E-state index contributed by atoms with van der Waals surface area (Å²) in [6, 6.07) is 3.42. The number of nitrogens with zero attached hydrogens (tertiary/aromatic N) is 1. The monoisotopic (exact) mass is 471 g/mol. The third kappa shape index (κ3) is 7.14. The molecule has 0 radical (unpaired) electrons. The van der Waals surface area contributed by atoms with Gasteiger partial charge in [0.1, 0.15) is 12.6 Å². The van der Waals surface area contributed by atoms with Crippen LogP contribution in [0.15, 0.2) is 18.2 Å². The average Bonchev–Trinajstić information content (AvgIpc) is 3.06. The van der Waals surface area contributed by atoms with Crippen LogP contribution in [0.2, 0.25) is 0 Å². The van der Waals surface area contributed by atoms with Crippen LogP contribution in [0.25, 0.3) is 0 Å². The van der Waals surface area contributed by atoms with Crippen LogP contribution in [0.1, 0.15) is 50.6 Å². The van der Waals surface area contributed by atoms with Crippen molar-refractivity contribution in [1.82, 2.24) is 14.9 Å². The highest BCUT2D eigenvalue weighted by atomic mass is 32.2. The van der Waals surface area contributed by atoms with E-state index in [0.717, 1.165) is 0 Å². The second kappa shape index (κ2) is 11.1. The van der Waals surface area contributed by atoms with Gasteiger partial charge in [0.05, 0.1) is 19.0 Å². The Labute approximate surface area is 187 Å². The molecule has 178 valence electrons. The molecule has 0 aliphatic carbocycles. The van der Waals surface area contributed by atoms with Gasteiger partial charge in [0.15, 0.2) is 11.6 Å². The van der Waals surface area contributed by atoms with Gasteiger partial charge in [-0.3, -0.25) is 10.1 Å². The fraction of sp³-hybridized carbons (Fsp3) is 0.619. The van der Waals surface area contributed by atoms with E-state index in [2.05, 4.69) is 10.0 Å². The quantitative estimate of drug-likeness (QED) is 0.377. The van der Waals surface area contributed by atoms with Crippen LogP contribution in [0.4, 0.5) is 9.18 Å². The van der Waals surface area contributed by atoms with E-state index in [1.807, 2.05) is 0 Å². The molecule has 32 heavy (non-hydrogen) atoms. The summed E-state index contributed by atoms with van der Waals surface area (Å²) in [4.78, 5) is 24.0. The minimum atomic E-state index is -3.55. The van der Waals surface area contributed by atoms with Crippen LogP contribution in [0.3, 0.4) is 0 Å². The zero-order valence-corrected chi connectivity index (χ0v) is 19.0. The Balaban J connectivity index is 1.45. The number of benzene rings is 1. The van der Waals surface area contributed by atoms with Gasteiger partial charge in [0, 0.05) is 25.4 Å². The van der Waals surface area contributed by atoms with Crippen molar-refractivity contribution >= 4 is 22.0 Å². The summed E-state index contributed by atoms with van der Waals surface area (Å²) < 4.78 is 52.8. The maximum Gasteiger partial charge on any atom is 0.324 e. The molecular formula is C21H30FN3O6S. The lowest BCUT2D eigenvalue weighted by Crippen LogP contribution is -2.30. The van der Waals surface area contributed by atoms with Gasteiger partial charge in [0.25, 0.3) is 0 Å². The average molecular weight is 472 g/mol. The number of urea groups is 1. The first kappa shape index (κ1) is 24.4. The number of ether oxygens (including phenoxy) is 2. The Kier molecular flexibility index (Phi) is 8.44. The molecule has 9 nitrogen and oxygen atoms in total. The lowest BCUT2D eigenvalue weighted by molar-refractivity contribution is -0.118. The Morgan fingerprint density at radius 3 is 2.69 bits per heavy atom. The van der Waals surface area contributed by atoms with Gasteiger partial charge in [0.2, 0.25) is 15.9 Å². The number of carbonyl (C=O) groups excluding carboxylic acids is 2. The number of hydrogen-bond acceptors (Lipinski definition) is 6. The second-order valence-corrected chi connectivity index (χ2v) is 9.99. The molecule has 1 aromatic rings. The number of hydrogen-bond donors (Lipinski definition) is 2. The Bertz CT molecular complexity index is 920. The molecule has 0 bridgehead atoms. The predicted molar refractivity (Wildman–Crippen MR) is 115 cm³/mol. The minimum Gasteiger partial charge on any atom is -0.487 e. The van der Waals surface area contributed by atoms with Crippen molar-refractivity contribution in [3.8, 4) is 5.75 Å². The normalized spacial score (nSPS) is 18.6. The summed E-state index contributed by atoms with van der Waals surface area (Å²) in [6.45, 7) is 3.31. The van der Waals surface area contributed by atoms with Crippen molar-refractivity contribution < 1.29 is 31.9 Å². The zero-order valence-electron chi connectivity index (χ0n) is 18.1. The molecule has 0 spiro atoms. The fourth-order valence-corrected chi connectivity index (χ4v) is 5.06. The molecule has 0 aromatic heterocycles. The van der Waals surface area contributed by atoms with Crippen molar-refractivity contribution in [2.45, 2.75) is 51.2 Å². The van der Waals surface area contributed by atoms with Crippen LogP contribution in [0.5, 0.6) is 5.75 Å². The number of rotatable bonds is 11. The fourth-order valence-electron chi connectivity index (χ4n) is 3.68. The Morgan fingerprint density at radius 2 is 2.00 bits per heavy atom. The molecule has 1 atom stereocenters. The van der Waals surface area contributed by atoms with E-state index >= 15 is 0 Å². The molecule has 2 aliphatic heterocycles. The summed E-state index contributed by atoms with van der Waals surface area (Å²) in [5.41, 5.74) is 0.613. The van der Waals surface area contributed by atoms with Gasteiger partial charge in [-0.1, -0.05) is 12.5 Å². The van der Waals surface area contributed by atoms with Gasteiger partial charge in [-0.05, 0) is 37.5 Å². The van der Waals surface area contributed by atoms with E-state index < -0.39 is 27.9 Å². The third-order valence-electron chi connectivity index (χ3n) is 5.48. The second-order valence-electron chi connectivity index (χ2n) is 8.11. The standard InChI is InChI=1S/C21H30FN3O6S/c1-15(16-5-6-18(22)19(13-16)31-17-7-10-30-11-8-17)24-32(28,29)12-4-2-3-9-25-14-20(26)23-21(25)27/h5-6,13,15,17,24H,2-4,7-12,14H2,1H3,(H,23,26,27). The minimum absolute atomic E-state index is 0.0497. The molecule has 0 saturated carbocycles. The molecule has 11 heteroatoms. The molecular weight excluding hydrogens is 441 g/mol. The van der Waals surface area contributed by atoms with E-state index in [1.165, 1.54) is 11.0 Å². The van der Waals surface area contributed by atoms with Crippen molar-refractivity contribution in [3.63, 3.8) is 0 Å². The highest BCUT2D eigenvalue weighted by molar-refractivity contribution is 7.89. The van der Waals surface area contributed by atoms with Crippen molar-refractivity contribution in [3.05, 3.63) is 29.6 Å². The predicted octanol–water partition coefficient (Wildman–Crippen LogP) is 2.09. The van der Waals surface area contributed by atoms with Crippen LogP contribution in [0, 0.1) is 5.82 Å². The third-order valence-corrected chi connectivity index (χ3v) is 7.02. The summed E-state index contributed by atoms with van der Waals surface area (Å²) >= 11 is 0. The van der Waals surface area contributed by atoms with Crippen molar-refractivity contribution in [2.75, 3.05) is 32.1 Å². The molecule has 1 unspecified atom stereocenters. The van der Waals surface area contributed by atoms with E-state index in [9.17, 15) is 22.4 Å². The number of halogens is 1. The summed E-state index contributed by atoms with van der Waals surface area (Å²) in [5, 5.41) is 2.20. The molecule has 2 saturated heterocycles. The van der Waals surface area contributed by atoms with Gasteiger partial charge >= 0.3 is 6.03 Å². The molecule has 2 fully saturated rings.